The van der Waals surface area contributed by atoms with Crippen LogP contribution in [-0.4, -0.2) is 45.8 Å². The number of aliphatic carboxylic acids is 1. The molecule has 0 spiro atoms. The van der Waals surface area contributed by atoms with Gasteiger partial charge in [-0.1, -0.05) is 12.1 Å². The van der Waals surface area contributed by atoms with Crippen LogP contribution in [0.2, 0.25) is 0 Å². The number of nitrogens with one attached hydrogen (secondary N) is 1. The van der Waals surface area contributed by atoms with Crippen molar-refractivity contribution in [2.45, 2.75) is 51.5 Å². The summed E-state index contributed by atoms with van der Waals surface area (Å²) in [7, 11) is 0. The number of carboxylic acid groups (broad SMARTS) is 1. The molecule has 8 nitrogen and oxygen atoms in total. The molecular formula is C22H24N2O6. The molecule has 0 unspecified atom stereocenters. The first-order valence-corrected chi connectivity index (χ1v) is 10.1. The zero-order chi connectivity index (χ0) is 21.6. The van der Waals surface area contributed by atoms with Crippen LogP contribution in [0.1, 0.15) is 54.8 Å². The highest BCUT2D eigenvalue weighted by atomic mass is 16.4. The fourth-order valence-electron chi connectivity index (χ4n) is 4.24. The molecule has 0 bridgehead atoms. The number of fused-ring (bicyclic) bond motifs is 3. The molecule has 2 aromatic rings. The molecular weight excluding hydrogens is 388 g/mol. The Hall–Kier alpha value is -3.16. The molecule has 1 aromatic carbocycles. The second kappa shape index (κ2) is 7.27. The van der Waals surface area contributed by atoms with Crippen molar-refractivity contribution in [1.82, 2.24) is 10.2 Å². The van der Waals surface area contributed by atoms with Crippen molar-refractivity contribution in [3.8, 4) is 0 Å². The minimum atomic E-state index is -1.13. The minimum Gasteiger partial charge on any atom is -0.481 e. The van der Waals surface area contributed by atoms with E-state index in [1.807, 2.05) is 6.07 Å². The lowest BCUT2D eigenvalue weighted by Gasteiger charge is -2.18. The van der Waals surface area contributed by atoms with E-state index in [9.17, 15) is 24.3 Å². The number of Topliss-reactive ketones (excluding diaryl/α,β-unsaturated/α-hetero) is 1. The molecule has 0 saturated carbocycles. The Morgan fingerprint density at radius 2 is 2.03 bits per heavy atom. The van der Waals surface area contributed by atoms with E-state index in [2.05, 4.69) is 5.32 Å². The van der Waals surface area contributed by atoms with Crippen molar-refractivity contribution >= 4 is 34.7 Å². The summed E-state index contributed by atoms with van der Waals surface area (Å²) in [5.41, 5.74) is 1.24. The molecule has 158 valence electrons. The number of nitrogens with zero attached hydrogens (tertiary/aromatic N) is 1. The third kappa shape index (κ3) is 3.46. The Bertz CT molecular complexity index is 1070. The van der Waals surface area contributed by atoms with Crippen molar-refractivity contribution in [2.24, 2.45) is 5.92 Å². The van der Waals surface area contributed by atoms with Crippen molar-refractivity contribution in [3.05, 3.63) is 35.1 Å². The fourth-order valence-corrected chi connectivity index (χ4v) is 4.24. The van der Waals surface area contributed by atoms with Crippen LogP contribution in [0, 0.1) is 5.92 Å². The number of benzene rings is 1. The van der Waals surface area contributed by atoms with Crippen LogP contribution in [0.5, 0.6) is 0 Å². The Morgan fingerprint density at radius 1 is 1.27 bits per heavy atom. The zero-order valence-corrected chi connectivity index (χ0v) is 17.0. The van der Waals surface area contributed by atoms with E-state index in [0.717, 1.165) is 35.3 Å². The molecule has 1 fully saturated rings. The number of amides is 3. The topological polar surface area (TPSA) is 117 Å². The number of urea groups is 1. The summed E-state index contributed by atoms with van der Waals surface area (Å²) in [6, 6.07) is 4.70. The van der Waals surface area contributed by atoms with Crippen molar-refractivity contribution < 1.29 is 28.7 Å². The summed E-state index contributed by atoms with van der Waals surface area (Å²) in [5, 5.41) is 13.1. The highest BCUT2D eigenvalue weighted by molar-refractivity contribution is 6.06. The van der Waals surface area contributed by atoms with Gasteiger partial charge in [0.15, 0.2) is 5.78 Å². The summed E-state index contributed by atoms with van der Waals surface area (Å²) in [4.78, 5) is 49.7. The highest BCUT2D eigenvalue weighted by Crippen LogP contribution is 2.33. The van der Waals surface area contributed by atoms with Crippen molar-refractivity contribution in [3.63, 3.8) is 0 Å². The van der Waals surface area contributed by atoms with Gasteiger partial charge in [-0.05, 0) is 39.2 Å². The normalized spacial score (nSPS) is 18.5. The van der Waals surface area contributed by atoms with Gasteiger partial charge in [-0.2, -0.15) is 0 Å². The monoisotopic (exact) mass is 412 g/mol. The van der Waals surface area contributed by atoms with Crippen LogP contribution in [0.15, 0.2) is 22.6 Å². The van der Waals surface area contributed by atoms with E-state index in [4.69, 9.17) is 4.42 Å². The van der Waals surface area contributed by atoms with Gasteiger partial charge < -0.3 is 14.8 Å². The van der Waals surface area contributed by atoms with E-state index in [1.165, 1.54) is 5.56 Å². The first kappa shape index (κ1) is 20.1. The van der Waals surface area contributed by atoms with Crippen LogP contribution < -0.4 is 5.32 Å². The molecule has 8 heteroatoms. The molecule has 3 amide bonds. The Morgan fingerprint density at radius 3 is 2.70 bits per heavy atom. The quantitative estimate of drug-likeness (QED) is 0.533. The average Bonchev–Trinajstić information content (AvgIpc) is 3.31. The number of furan rings is 1. The summed E-state index contributed by atoms with van der Waals surface area (Å²) >= 11 is 0. The maximum absolute atomic E-state index is 12.7. The van der Waals surface area contributed by atoms with Gasteiger partial charge in [0, 0.05) is 35.9 Å². The molecule has 2 aliphatic rings. The third-order valence-corrected chi connectivity index (χ3v) is 5.96. The molecule has 2 heterocycles. The number of carboxylic acids is 1. The number of imide groups is 1. The summed E-state index contributed by atoms with van der Waals surface area (Å²) < 4.78 is 5.85. The SMILES string of the molecule is CC1(C)NC(=O)N(CC[C@H](CC(=O)c2ccc3c4c(oc3c2)CCC4)C(=O)O)C1=O. The predicted octanol–water partition coefficient (Wildman–Crippen LogP) is 2.92. The highest BCUT2D eigenvalue weighted by Gasteiger charge is 2.44. The third-order valence-electron chi connectivity index (χ3n) is 5.96. The Kier molecular flexibility index (Phi) is 4.88. The van der Waals surface area contributed by atoms with Gasteiger partial charge in [0.1, 0.15) is 16.9 Å². The maximum Gasteiger partial charge on any atom is 0.325 e. The van der Waals surface area contributed by atoms with Gasteiger partial charge in [0.25, 0.3) is 5.91 Å². The predicted molar refractivity (Wildman–Crippen MR) is 107 cm³/mol. The number of rotatable bonds is 7. The van der Waals surface area contributed by atoms with Gasteiger partial charge >= 0.3 is 12.0 Å². The summed E-state index contributed by atoms with van der Waals surface area (Å²) in [6.45, 7) is 3.13. The van der Waals surface area contributed by atoms with Gasteiger partial charge in [0.2, 0.25) is 0 Å². The largest absolute Gasteiger partial charge is 0.481 e. The fraction of sp³-hybridized carbons (Fsp3) is 0.455. The van der Waals surface area contributed by atoms with Crippen LogP contribution in [0.25, 0.3) is 11.0 Å². The van der Waals surface area contributed by atoms with Crippen LogP contribution in [0.3, 0.4) is 0 Å². The van der Waals surface area contributed by atoms with E-state index in [-0.39, 0.29) is 25.2 Å². The number of hydrogen-bond donors (Lipinski definition) is 2. The van der Waals surface area contributed by atoms with Gasteiger partial charge in [-0.3, -0.25) is 19.3 Å². The molecule has 1 saturated heterocycles. The second-order valence-corrected chi connectivity index (χ2v) is 8.53. The molecule has 30 heavy (non-hydrogen) atoms. The van der Waals surface area contributed by atoms with Crippen LogP contribution in [-0.2, 0) is 22.4 Å². The molecule has 1 atom stereocenters. The van der Waals surface area contributed by atoms with Gasteiger partial charge in [-0.25, -0.2) is 4.79 Å². The molecule has 1 aliphatic carbocycles. The molecule has 1 aromatic heterocycles. The van der Waals surface area contributed by atoms with Crippen molar-refractivity contribution in [1.29, 1.82) is 0 Å². The smallest absolute Gasteiger partial charge is 0.325 e. The maximum atomic E-state index is 12.7. The van der Waals surface area contributed by atoms with E-state index < -0.39 is 29.4 Å². The summed E-state index contributed by atoms with van der Waals surface area (Å²) in [6.07, 6.45) is 2.73. The average molecular weight is 412 g/mol. The number of carbonyl (C=O) groups is 4. The first-order valence-electron chi connectivity index (χ1n) is 10.1. The zero-order valence-electron chi connectivity index (χ0n) is 17.0. The van der Waals surface area contributed by atoms with Gasteiger partial charge in [-0.15, -0.1) is 0 Å². The first-order chi connectivity index (χ1) is 14.2. The van der Waals surface area contributed by atoms with Gasteiger partial charge in [0.05, 0.1) is 5.92 Å². The van der Waals surface area contributed by atoms with E-state index in [0.29, 0.717) is 11.1 Å². The number of ketones is 1. The molecule has 4 rings (SSSR count). The standard InChI is InChI=1S/C22H24N2O6/c1-22(2)20(28)24(21(29)23-22)9-8-13(19(26)27)10-16(25)12-6-7-15-14-4-3-5-17(14)30-18(15)11-12/h6-7,11,13H,3-5,8-10H2,1-2H3,(H,23,29)(H,26,27)/t13-/m1/s1. The number of carbonyl (C=O) groups excluding carboxylic acids is 3. The lowest BCUT2D eigenvalue weighted by molar-refractivity contribution is -0.142. The van der Waals surface area contributed by atoms with Crippen LogP contribution >= 0.6 is 0 Å². The number of aryl methyl sites for hydroxylation is 2. The minimum absolute atomic E-state index is 0.00755. The molecule has 1 aliphatic heterocycles. The van der Waals surface area contributed by atoms with E-state index >= 15 is 0 Å². The lowest BCUT2D eigenvalue weighted by atomic mass is 9.94. The Balaban J connectivity index is 1.45. The second-order valence-electron chi connectivity index (χ2n) is 8.53. The molecule has 0 radical (unpaired) electrons. The van der Waals surface area contributed by atoms with E-state index in [1.54, 1.807) is 26.0 Å². The Labute approximate surface area is 173 Å². The number of hydrogen-bond acceptors (Lipinski definition) is 5. The molecule has 2 N–H and O–H groups in total. The van der Waals surface area contributed by atoms with Crippen molar-refractivity contribution in [2.75, 3.05) is 6.54 Å². The van der Waals surface area contributed by atoms with Crippen LogP contribution in [0.4, 0.5) is 4.79 Å². The lowest BCUT2D eigenvalue weighted by Crippen LogP contribution is -2.40. The summed E-state index contributed by atoms with van der Waals surface area (Å²) in [5.74, 6) is -1.88.